The number of primary amides is 1. The second-order valence-electron chi connectivity index (χ2n) is 10.7. The minimum atomic E-state index is -2.76. The number of ketones is 3. The van der Waals surface area contributed by atoms with Crippen LogP contribution < -0.4 is 5.73 Å². The number of aromatic hydroxyl groups is 2. The first-order valence-electron chi connectivity index (χ1n) is 12.1. The number of phenolic OH excluding ortho intramolecular Hbond substituents is 2. The SMILES string of the molecule is COCc1cc(CC(C)C)c(O)c2c(O)c3c(cc12)C[C@H]1[C@H](N(C)C)C(=O)C(C(N)=O)C(=O)[C@@]1(O)C3=O. The largest absolute Gasteiger partial charge is 0.507 e. The van der Waals surface area contributed by atoms with Crippen molar-refractivity contribution in [1.82, 2.24) is 4.90 Å². The Morgan fingerprint density at radius 3 is 2.35 bits per heavy atom. The first-order valence-corrected chi connectivity index (χ1v) is 12.1. The molecule has 1 fully saturated rings. The molecular weight excluding hydrogens is 480 g/mol. The van der Waals surface area contributed by atoms with Crippen LogP contribution in [0.5, 0.6) is 11.5 Å². The summed E-state index contributed by atoms with van der Waals surface area (Å²) in [6, 6.07) is 2.26. The zero-order valence-corrected chi connectivity index (χ0v) is 21.5. The Labute approximate surface area is 214 Å². The van der Waals surface area contributed by atoms with E-state index in [1.165, 1.54) is 12.0 Å². The summed E-state index contributed by atoms with van der Waals surface area (Å²) in [6.07, 6.45) is 0.369. The van der Waals surface area contributed by atoms with Gasteiger partial charge in [-0.1, -0.05) is 13.8 Å². The number of ether oxygens (including phenoxy) is 1. The lowest BCUT2D eigenvalue weighted by Gasteiger charge is -2.48. The van der Waals surface area contributed by atoms with Crippen molar-refractivity contribution in [2.45, 2.75) is 44.9 Å². The van der Waals surface area contributed by atoms with Gasteiger partial charge in [0.15, 0.2) is 23.1 Å². The quantitative estimate of drug-likeness (QED) is 0.410. The smallest absolute Gasteiger partial charge is 0.235 e. The number of hydrogen-bond donors (Lipinski definition) is 4. The molecule has 0 heterocycles. The molecule has 10 nitrogen and oxygen atoms in total. The molecule has 1 saturated carbocycles. The molecule has 2 aliphatic rings. The number of Topliss-reactive ketones (excluding diaryl/α,β-unsaturated/α-hetero) is 3. The van der Waals surface area contributed by atoms with Gasteiger partial charge in [0.05, 0.1) is 23.6 Å². The van der Waals surface area contributed by atoms with Gasteiger partial charge < -0.3 is 25.8 Å². The molecule has 0 aliphatic heterocycles. The Bertz CT molecular complexity index is 1350. The summed E-state index contributed by atoms with van der Waals surface area (Å²) >= 11 is 0. The maximum Gasteiger partial charge on any atom is 0.235 e. The highest BCUT2D eigenvalue weighted by atomic mass is 16.5. The summed E-state index contributed by atoms with van der Waals surface area (Å²) in [5, 5.41) is 34.6. The molecule has 4 atom stereocenters. The van der Waals surface area contributed by atoms with Crippen LogP contribution >= 0.6 is 0 Å². The molecule has 5 N–H and O–H groups in total. The van der Waals surface area contributed by atoms with Crippen LogP contribution in [0.2, 0.25) is 0 Å². The van der Waals surface area contributed by atoms with E-state index in [2.05, 4.69) is 0 Å². The molecule has 2 aromatic rings. The van der Waals surface area contributed by atoms with Crippen molar-refractivity contribution in [3.63, 3.8) is 0 Å². The van der Waals surface area contributed by atoms with Crippen LogP contribution in [0.25, 0.3) is 10.8 Å². The molecule has 0 aromatic heterocycles. The highest BCUT2D eigenvalue weighted by Crippen LogP contribution is 2.49. The summed E-state index contributed by atoms with van der Waals surface area (Å²) in [5.41, 5.74) is 3.78. The van der Waals surface area contributed by atoms with Gasteiger partial charge in [-0.25, -0.2) is 0 Å². The molecule has 0 bridgehead atoms. The molecule has 2 aromatic carbocycles. The van der Waals surface area contributed by atoms with Crippen LogP contribution in [-0.4, -0.2) is 76.3 Å². The number of fused-ring (bicyclic) bond motifs is 3. The van der Waals surface area contributed by atoms with E-state index in [1.807, 2.05) is 13.8 Å². The number of likely N-dealkylation sites (N-methyl/N-ethyl adjacent to an activating group) is 1. The standard InChI is InChI=1S/C27H32N2O8/c1-11(2)6-13-7-14(10-37-5)15-8-12-9-16-20(29(3)4)23(32)19(26(28)35)25(34)27(16,36)24(33)17(12)22(31)18(15)21(13)30/h7-8,11,16,19-20,30-31,36H,6,9-10H2,1-5H3,(H2,28,35)/t16-,19?,20-,27-/m0/s1. The Morgan fingerprint density at radius 2 is 1.81 bits per heavy atom. The summed E-state index contributed by atoms with van der Waals surface area (Å²) in [7, 11) is 4.60. The maximum atomic E-state index is 13.9. The topological polar surface area (TPSA) is 167 Å². The molecule has 1 unspecified atom stereocenters. The van der Waals surface area contributed by atoms with Crippen molar-refractivity contribution >= 4 is 34.0 Å². The molecule has 2 aliphatic carbocycles. The number of nitrogens with zero attached hydrogens (tertiary/aromatic N) is 1. The normalized spacial score (nSPS) is 25.6. The van der Waals surface area contributed by atoms with Gasteiger partial charge in [0.2, 0.25) is 11.7 Å². The molecule has 0 radical (unpaired) electrons. The fraction of sp³-hybridized carbons (Fsp3) is 0.481. The second kappa shape index (κ2) is 9.20. The number of carbonyl (C=O) groups excluding carboxylic acids is 4. The number of aliphatic hydroxyl groups is 1. The lowest BCUT2D eigenvalue weighted by molar-refractivity contribution is -0.162. The zero-order chi connectivity index (χ0) is 27.6. The number of methoxy groups -OCH3 is 1. The van der Waals surface area contributed by atoms with Gasteiger partial charge in [-0.3, -0.25) is 24.1 Å². The summed E-state index contributed by atoms with van der Waals surface area (Å²) in [4.78, 5) is 53.8. The monoisotopic (exact) mass is 512 g/mol. The minimum absolute atomic E-state index is 0.00861. The fourth-order valence-corrected chi connectivity index (χ4v) is 6.00. The Kier molecular flexibility index (Phi) is 6.64. The van der Waals surface area contributed by atoms with E-state index in [9.17, 15) is 34.5 Å². The molecule has 4 rings (SSSR count). The number of rotatable bonds is 6. The molecular formula is C27H32N2O8. The van der Waals surface area contributed by atoms with E-state index in [4.69, 9.17) is 10.5 Å². The highest BCUT2D eigenvalue weighted by molar-refractivity contribution is 6.33. The fourth-order valence-electron chi connectivity index (χ4n) is 6.00. The lowest BCUT2D eigenvalue weighted by atomic mass is 9.58. The number of benzene rings is 2. The summed E-state index contributed by atoms with van der Waals surface area (Å²) in [5.74, 6) is -8.28. The van der Waals surface area contributed by atoms with Gasteiger partial charge in [0.25, 0.3) is 0 Å². The molecule has 0 saturated heterocycles. The predicted octanol–water partition coefficient (Wildman–Crippen LogP) is 0.865. The molecule has 0 spiro atoms. The Morgan fingerprint density at radius 1 is 1.16 bits per heavy atom. The lowest BCUT2D eigenvalue weighted by Crippen LogP contribution is -2.71. The average Bonchev–Trinajstić information content (AvgIpc) is 2.78. The molecule has 1 amide bonds. The van der Waals surface area contributed by atoms with Crippen molar-refractivity contribution in [2.24, 2.45) is 23.5 Å². The third-order valence-electron chi connectivity index (χ3n) is 7.53. The van der Waals surface area contributed by atoms with E-state index in [-0.39, 0.29) is 35.6 Å². The Hall–Kier alpha value is -3.34. The molecule has 198 valence electrons. The predicted molar refractivity (Wildman–Crippen MR) is 133 cm³/mol. The van der Waals surface area contributed by atoms with Crippen molar-refractivity contribution in [3.05, 3.63) is 34.4 Å². The highest BCUT2D eigenvalue weighted by Gasteiger charge is 2.66. The van der Waals surface area contributed by atoms with Gasteiger partial charge in [-0.15, -0.1) is 0 Å². The van der Waals surface area contributed by atoms with E-state index in [0.29, 0.717) is 28.5 Å². The van der Waals surface area contributed by atoms with Gasteiger partial charge in [-0.2, -0.15) is 0 Å². The minimum Gasteiger partial charge on any atom is -0.507 e. The van der Waals surface area contributed by atoms with Crippen LogP contribution in [0.4, 0.5) is 0 Å². The average molecular weight is 513 g/mol. The number of phenols is 2. The van der Waals surface area contributed by atoms with Crippen LogP contribution in [0.1, 0.15) is 40.9 Å². The van der Waals surface area contributed by atoms with Crippen LogP contribution in [0, 0.1) is 17.8 Å². The third-order valence-corrected chi connectivity index (χ3v) is 7.53. The van der Waals surface area contributed by atoms with Crippen molar-refractivity contribution in [2.75, 3.05) is 21.2 Å². The number of hydrogen-bond acceptors (Lipinski definition) is 9. The molecule has 10 heteroatoms. The van der Waals surface area contributed by atoms with E-state index >= 15 is 0 Å². The van der Waals surface area contributed by atoms with Gasteiger partial charge in [-0.05, 0) is 67.1 Å². The number of nitrogens with two attached hydrogens (primary N) is 1. The first-order chi connectivity index (χ1) is 17.3. The van der Waals surface area contributed by atoms with E-state index in [1.54, 1.807) is 26.2 Å². The maximum absolute atomic E-state index is 13.9. The van der Waals surface area contributed by atoms with Crippen LogP contribution in [-0.2, 0) is 38.6 Å². The van der Waals surface area contributed by atoms with Crippen LogP contribution in [0.15, 0.2) is 12.1 Å². The first kappa shape index (κ1) is 26.7. The zero-order valence-electron chi connectivity index (χ0n) is 21.5. The Balaban J connectivity index is 2.03. The van der Waals surface area contributed by atoms with Gasteiger partial charge in [0, 0.05) is 13.0 Å². The van der Waals surface area contributed by atoms with Crippen molar-refractivity contribution in [1.29, 1.82) is 0 Å². The number of amides is 1. The number of carbonyl (C=O) groups is 4. The van der Waals surface area contributed by atoms with E-state index < -0.39 is 52.5 Å². The van der Waals surface area contributed by atoms with E-state index in [0.717, 1.165) is 0 Å². The van der Waals surface area contributed by atoms with Gasteiger partial charge >= 0.3 is 0 Å². The summed E-state index contributed by atoms with van der Waals surface area (Å²) in [6.45, 7) is 4.11. The summed E-state index contributed by atoms with van der Waals surface area (Å²) < 4.78 is 5.34. The molecule has 37 heavy (non-hydrogen) atoms. The third kappa shape index (κ3) is 3.82. The van der Waals surface area contributed by atoms with Crippen molar-refractivity contribution in [3.8, 4) is 11.5 Å². The van der Waals surface area contributed by atoms with Gasteiger partial charge in [0.1, 0.15) is 11.5 Å². The van der Waals surface area contributed by atoms with Crippen LogP contribution in [0.3, 0.4) is 0 Å². The van der Waals surface area contributed by atoms with Crippen molar-refractivity contribution < 1.29 is 39.2 Å². The second-order valence-corrected chi connectivity index (χ2v) is 10.7.